The molecule has 0 rings (SSSR count). The van der Waals surface area contributed by atoms with E-state index in [9.17, 15) is 23.8 Å². The van der Waals surface area contributed by atoms with Crippen LogP contribution in [0.25, 0.3) is 0 Å². The molecule has 3 atom stereocenters. The van der Waals surface area contributed by atoms with Crippen LogP contribution in [0.15, 0.2) is 24.3 Å². The molecular weight excluding hydrogens is 769 g/mol. The molecular formula is C47H88NO10P. The number of ether oxygens (including phenoxy) is 2. The molecule has 0 aliphatic heterocycles. The summed E-state index contributed by atoms with van der Waals surface area (Å²) < 4.78 is 32.8. The minimum Gasteiger partial charge on any atom is -0.480 e. The SMILES string of the molecule is CCCCC/C=C/C/C=C/CCCCCCCCCC(=O)OC[C@H](COP(=O)(O)OC[C@H](N)C(=O)O)OC(=O)CCCCCCCCCCCCCCCCCCCC. The molecule has 0 saturated carbocycles. The van der Waals surface area contributed by atoms with Gasteiger partial charge in [-0.1, -0.05) is 192 Å². The maximum Gasteiger partial charge on any atom is 0.472 e. The van der Waals surface area contributed by atoms with Gasteiger partial charge in [0.1, 0.15) is 12.6 Å². The van der Waals surface area contributed by atoms with E-state index in [0.717, 1.165) is 51.4 Å². The summed E-state index contributed by atoms with van der Waals surface area (Å²) in [4.78, 5) is 46.1. The van der Waals surface area contributed by atoms with Crippen LogP contribution in [0.2, 0.25) is 0 Å². The topological polar surface area (TPSA) is 172 Å². The number of aliphatic carboxylic acids is 1. The lowest BCUT2D eigenvalue weighted by Crippen LogP contribution is -2.34. The molecule has 12 heteroatoms. The number of carbonyl (C=O) groups is 3. The Kier molecular flexibility index (Phi) is 41.2. The second-order valence-corrected chi connectivity index (χ2v) is 17.7. The zero-order valence-electron chi connectivity index (χ0n) is 37.6. The summed E-state index contributed by atoms with van der Waals surface area (Å²) in [5.74, 6) is -2.37. The fourth-order valence-electron chi connectivity index (χ4n) is 6.68. The van der Waals surface area contributed by atoms with Crippen molar-refractivity contribution in [2.24, 2.45) is 5.73 Å². The number of carbonyl (C=O) groups excluding carboxylic acids is 2. The van der Waals surface area contributed by atoms with Gasteiger partial charge in [0, 0.05) is 12.8 Å². The highest BCUT2D eigenvalue weighted by molar-refractivity contribution is 7.47. The maximum atomic E-state index is 12.7. The molecule has 0 aliphatic carbocycles. The zero-order valence-corrected chi connectivity index (χ0v) is 38.5. The normalized spacial score (nSPS) is 13.8. The van der Waals surface area contributed by atoms with Crippen LogP contribution in [-0.4, -0.2) is 59.9 Å². The van der Waals surface area contributed by atoms with Gasteiger partial charge in [0.2, 0.25) is 0 Å². The van der Waals surface area contributed by atoms with E-state index in [2.05, 4.69) is 42.7 Å². The molecule has 0 amide bonds. The fraction of sp³-hybridized carbons (Fsp3) is 0.851. The minimum absolute atomic E-state index is 0.164. The molecule has 0 saturated heterocycles. The molecule has 0 fully saturated rings. The Morgan fingerprint density at radius 3 is 1.36 bits per heavy atom. The van der Waals surface area contributed by atoms with Crippen molar-refractivity contribution in [2.75, 3.05) is 19.8 Å². The molecule has 59 heavy (non-hydrogen) atoms. The number of carboxylic acids is 1. The van der Waals surface area contributed by atoms with E-state index >= 15 is 0 Å². The average molecular weight is 858 g/mol. The van der Waals surface area contributed by atoms with E-state index in [-0.39, 0.29) is 19.4 Å². The Morgan fingerprint density at radius 2 is 0.898 bits per heavy atom. The Morgan fingerprint density at radius 1 is 0.525 bits per heavy atom. The zero-order chi connectivity index (χ0) is 43.5. The third kappa shape index (κ3) is 42.4. The largest absolute Gasteiger partial charge is 0.480 e. The lowest BCUT2D eigenvalue weighted by molar-refractivity contribution is -0.161. The summed E-state index contributed by atoms with van der Waals surface area (Å²) in [6, 6.07) is -1.52. The number of phosphoric ester groups is 1. The first-order valence-corrected chi connectivity index (χ1v) is 25.4. The van der Waals surface area contributed by atoms with Gasteiger partial charge in [0.05, 0.1) is 13.2 Å². The van der Waals surface area contributed by atoms with Crippen molar-refractivity contribution in [1.29, 1.82) is 0 Å². The number of unbranched alkanes of at least 4 members (excludes halogenated alkanes) is 27. The van der Waals surface area contributed by atoms with Crippen LogP contribution in [0.5, 0.6) is 0 Å². The van der Waals surface area contributed by atoms with Gasteiger partial charge in [0.25, 0.3) is 0 Å². The van der Waals surface area contributed by atoms with Gasteiger partial charge in [-0.25, -0.2) is 4.57 Å². The number of hydrogen-bond acceptors (Lipinski definition) is 9. The molecule has 1 unspecified atom stereocenters. The Bertz CT molecular complexity index is 1100. The van der Waals surface area contributed by atoms with E-state index in [0.29, 0.717) is 12.8 Å². The van der Waals surface area contributed by atoms with Crippen molar-refractivity contribution in [1.82, 2.24) is 0 Å². The van der Waals surface area contributed by atoms with Crippen molar-refractivity contribution in [3.63, 3.8) is 0 Å². The number of esters is 2. The average Bonchev–Trinajstić information content (AvgIpc) is 3.21. The Hall–Kier alpha value is -2.04. The summed E-state index contributed by atoms with van der Waals surface area (Å²) >= 11 is 0. The highest BCUT2D eigenvalue weighted by Gasteiger charge is 2.28. The van der Waals surface area contributed by atoms with Crippen LogP contribution in [0.3, 0.4) is 0 Å². The highest BCUT2D eigenvalue weighted by Crippen LogP contribution is 2.43. The number of allylic oxidation sites excluding steroid dienone is 4. The number of phosphoric acid groups is 1. The predicted octanol–water partition coefficient (Wildman–Crippen LogP) is 13.0. The maximum absolute atomic E-state index is 12.7. The predicted molar refractivity (Wildman–Crippen MR) is 240 cm³/mol. The molecule has 0 bridgehead atoms. The van der Waals surface area contributed by atoms with Crippen LogP contribution in [0, 0.1) is 0 Å². The van der Waals surface area contributed by atoms with Gasteiger partial charge in [-0.05, 0) is 44.9 Å². The minimum atomic E-state index is -4.72. The van der Waals surface area contributed by atoms with Crippen molar-refractivity contribution in [3.05, 3.63) is 24.3 Å². The van der Waals surface area contributed by atoms with Gasteiger partial charge in [-0.2, -0.15) is 0 Å². The van der Waals surface area contributed by atoms with Crippen LogP contribution >= 0.6 is 7.82 Å². The van der Waals surface area contributed by atoms with Gasteiger partial charge < -0.3 is 25.2 Å². The molecule has 0 radical (unpaired) electrons. The van der Waals surface area contributed by atoms with Crippen LogP contribution < -0.4 is 5.73 Å². The first-order chi connectivity index (χ1) is 28.6. The third-order valence-electron chi connectivity index (χ3n) is 10.5. The smallest absolute Gasteiger partial charge is 0.472 e. The van der Waals surface area contributed by atoms with E-state index in [1.807, 2.05) is 0 Å². The van der Waals surface area contributed by atoms with Gasteiger partial charge in [-0.3, -0.25) is 23.4 Å². The van der Waals surface area contributed by atoms with E-state index < -0.39 is 51.1 Å². The monoisotopic (exact) mass is 858 g/mol. The summed E-state index contributed by atoms with van der Waals surface area (Å²) in [6.45, 7) is 2.80. The molecule has 0 aromatic carbocycles. The molecule has 4 N–H and O–H groups in total. The summed E-state index contributed by atoms with van der Waals surface area (Å²) in [5, 5.41) is 8.90. The van der Waals surface area contributed by atoms with Crippen LogP contribution in [-0.2, 0) is 37.5 Å². The van der Waals surface area contributed by atoms with Crippen LogP contribution in [0.1, 0.15) is 226 Å². The quantitative estimate of drug-likeness (QED) is 0.0230. The molecule has 0 aromatic heterocycles. The van der Waals surface area contributed by atoms with Gasteiger partial charge in [0.15, 0.2) is 6.10 Å². The highest BCUT2D eigenvalue weighted by atomic mass is 31.2. The second-order valence-electron chi connectivity index (χ2n) is 16.2. The van der Waals surface area contributed by atoms with E-state index in [1.54, 1.807) is 0 Å². The lowest BCUT2D eigenvalue weighted by Gasteiger charge is -2.20. The molecule has 11 nitrogen and oxygen atoms in total. The van der Waals surface area contributed by atoms with Crippen molar-refractivity contribution in [2.45, 2.75) is 238 Å². The van der Waals surface area contributed by atoms with Crippen molar-refractivity contribution < 1.29 is 47.5 Å². The molecule has 0 aliphatic rings. The molecule has 0 heterocycles. The Labute approximate surface area is 360 Å². The number of hydrogen-bond donors (Lipinski definition) is 3. The van der Waals surface area contributed by atoms with Gasteiger partial charge in [-0.15, -0.1) is 0 Å². The number of nitrogens with two attached hydrogens (primary N) is 1. The lowest BCUT2D eigenvalue weighted by atomic mass is 10.0. The van der Waals surface area contributed by atoms with Crippen molar-refractivity contribution in [3.8, 4) is 0 Å². The third-order valence-corrected chi connectivity index (χ3v) is 11.4. The van der Waals surface area contributed by atoms with E-state index in [4.69, 9.17) is 24.8 Å². The molecule has 346 valence electrons. The summed E-state index contributed by atoms with van der Waals surface area (Å²) in [5.41, 5.74) is 5.34. The van der Waals surface area contributed by atoms with E-state index in [1.165, 1.54) is 135 Å². The van der Waals surface area contributed by atoms with Gasteiger partial charge >= 0.3 is 25.7 Å². The number of rotatable bonds is 45. The van der Waals surface area contributed by atoms with Crippen molar-refractivity contribution >= 4 is 25.7 Å². The summed E-state index contributed by atoms with van der Waals surface area (Å²) in [6.07, 6.45) is 45.2. The number of carboxylic acid groups (broad SMARTS) is 1. The Balaban J connectivity index is 4.29. The summed E-state index contributed by atoms with van der Waals surface area (Å²) in [7, 11) is -4.72. The first kappa shape index (κ1) is 57.0. The van der Waals surface area contributed by atoms with Crippen LogP contribution in [0.4, 0.5) is 0 Å². The second kappa shape index (κ2) is 42.6. The molecule has 0 spiro atoms. The first-order valence-electron chi connectivity index (χ1n) is 23.9. The standard InChI is InChI=1S/C47H88NO10P/c1-3-5-7-9-11-13-15-17-19-21-23-25-27-29-31-33-35-37-39-46(50)58-43(41-56-59(53,54)57-42-44(48)47(51)52)40-55-45(49)38-36-34-32-30-28-26-24-22-20-18-16-14-12-10-8-6-4-2/h12,14,18,20,43-44H,3-11,13,15-17,19,21-42,48H2,1-2H3,(H,51,52)(H,53,54)/b14-12+,20-18+/t43-,44+/m1/s1. The molecule has 0 aromatic rings. The fourth-order valence-corrected chi connectivity index (χ4v) is 7.46.